The number of rotatable bonds is 5. The normalized spacial score (nSPS) is 13.8. The van der Waals surface area contributed by atoms with Crippen molar-refractivity contribution < 1.29 is 14.3 Å². The summed E-state index contributed by atoms with van der Waals surface area (Å²) in [7, 11) is 3.95. The van der Waals surface area contributed by atoms with Gasteiger partial charge in [0.15, 0.2) is 11.5 Å². The standard InChI is InChI=1S/C18H22N4O3/c1-11-14(8-19-12(2)21-11)18(23)20-9-15(22(3)4)13-5-6-16-17(7-13)25-10-24-16/h5-8,15H,9-10H2,1-4H3,(H,20,23)/t15-/m1/s1. The molecule has 0 spiro atoms. The molecular formula is C18H22N4O3. The third kappa shape index (κ3) is 3.71. The third-order valence-corrected chi connectivity index (χ3v) is 4.21. The number of carbonyl (C=O) groups excluding carboxylic acids is 1. The van der Waals surface area contributed by atoms with Crippen LogP contribution in [0, 0.1) is 13.8 Å². The Balaban J connectivity index is 1.73. The van der Waals surface area contributed by atoms with Crippen LogP contribution in [0.15, 0.2) is 24.4 Å². The lowest BCUT2D eigenvalue weighted by atomic mass is 10.0. The smallest absolute Gasteiger partial charge is 0.254 e. The molecule has 25 heavy (non-hydrogen) atoms. The van der Waals surface area contributed by atoms with Crippen LogP contribution in [0.4, 0.5) is 0 Å². The second-order valence-corrected chi connectivity index (χ2v) is 6.22. The Morgan fingerprint density at radius 2 is 2.04 bits per heavy atom. The van der Waals surface area contributed by atoms with Crippen LogP contribution in [0.25, 0.3) is 0 Å². The Hall–Kier alpha value is -2.67. The highest BCUT2D eigenvalue weighted by Gasteiger charge is 2.21. The van der Waals surface area contributed by atoms with Crippen LogP contribution in [0.2, 0.25) is 0 Å². The van der Waals surface area contributed by atoms with Gasteiger partial charge in [0, 0.05) is 12.7 Å². The van der Waals surface area contributed by atoms with Crippen molar-refractivity contribution in [2.45, 2.75) is 19.9 Å². The second kappa shape index (κ2) is 7.06. The molecule has 0 saturated carbocycles. The van der Waals surface area contributed by atoms with Gasteiger partial charge in [0.1, 0.15) is 5.82 Å². The van der Waals surface area contributed by atoms with Crippen molar-refractivity contribution in [1.29, 1.82) is 0 Å². The highest BCUT2D eigenvalue weighted by molar-refractivity contribution is 5.94. The lowest BCUT2D eigenvalue weighted by Gasteiger charge is -2.25. The highest BCUT2D eigenvalue weighted by Crippen LogP contribution is 2.34. The number of fused-ring (bicyclic) bond motifs is 1. The SMILES string of the molecule is Cc1ncc(C(=O)NC[C@H](c2ccc3c(c2)OCO3)N(C)C)c(C)n1. The van der Waals surface area contributed by atoms with Crippen LogP contribution in [-0.4, -0.2) is 48.2 Å². The van der Waals surface area contributed by atoms with Crippen molar-refractivity contribution in [3.05, 3.63) is 47.0 Å². The largest absolute Gasteiger partial charge is 0.454 e. The molecule has 1 aromatic carbocycles. The van der Waals surface area contributed by atoms with E-state index in [0.29, 0.717) is 23.6 Å². The van der Waals surface area contributed by atoms with Crippen LogP contribution in [0.1, 0.15) is 33.5 Å². The number of amides is 1. The van der Waals surface area contributed by atoms with Crippen LogP contribution in [0.5, 0.6) is 11.5 Å². The number of aromatic nitrogens is 2. The number of hydrogen-bond donors (Lipinski definition) is 1. The number of likely N-dealkylation sites (N-methyl/N-ethyl adjacent to an activating group) is 1. The third-order valence-electron chi connectivity index (χ3n) is 4.21. The van der Waals surface area contributed by atoms with Crippen LogP contribution < -0.4 is 14.8 Å². The van der Waals surface area contributed by atoms with Gasteiger partial charge in [0.25, 0.3) is 5.91 Å². The Kier molecular flexibility index (Phi) is 4.85. The van der Waals surface area contributed by atoms with Crippen LogP contribution in [-0.2, 0) is 0 Å². The van der Waals surface area contributed by atoms with Gasteiger partial charge < -0.3 is 19.7 Å². The molecule has 132 valence electrons. The topological polar surface area (TPSA) is 76.6 Å². The highest BCUT2D eigenvalue weighted by atomic mass is 16.7. The molecule has 7 heteroatoms. The van der Waals surface area contributed by atoms with E-state index in [1.54, 1.807) is 13.1 Å². The van der Waals surface area contributed by atoms with E-state index in [4.69, 9.17) is 9.47 Å². The summed E-state index contributed by atoms with van der Waals surface area (Å²) in [4.78, 5) is 22.9. The van der Waals surface area contributed by atoms with Crippen LogP contribution >= 0.6 is 0 Å². The molecule has 3 rings (SSSR count). The first-order chi connectivity index (χ1) is 12.0. The van der Waals surface area contributed by atoms with E-state index in [-0.39, 0.29) is 18.7 Å². The molecule has 1 N–H and O–H groups in total. The van der Waals surface area contributed by atoms with Gasteiger partial charge in [0.2, 0.25) is 6.79 Å². The fraction of sp³-hybridized carbons (Fsp3) is 0.389. The molecule has 0 aliphatic carbocycles. The van der Waals surface area contributed by atoms with E-state index in [1.807, 2.05) is 39.2 Å². The maximum atomic E-state index is 12.5. The molecule has 0 bridgehead atoms. The summed E-state index contributed by atoms with van der Waals surface area (Å²) < 4.78 is 10.8. The number of benzene rings is 1. The number of hydrogen-bond acceptors (Lipinski definition) is 6. The first kappa shape index (κ1) is 17.2. The number of nitrogens with one attached hydrogen (secondary N) is 1. The first-order valence-corrected chi connectivity index (χ1v) is 8.10. The van der Waals surface area contributed by atoms with Gasteiger partial charge in [-0.3, -0.25) is 4.79 Å². The zero-order valence-electron chi connectivity index (χ0n) is 14.9. The number of ether oxygens (including phenoxy) is 2. The lowest BCUT2D eigenvalue weighted by molar-refractivity contribution is 0.0940. The minimum absolute atomic E-state index is 0.00474. The molecule has 1 aliphatic rings. The molecule has 1 aliphatic heterocycles. The molecule has 0 radical (unpaired) electrons. The second-order valence-electron chi connectivity index (χ2n) is 6.22. The van der Waals surface area contributed by atoms with Crippen molar-refractivity contribution in [2.24, 2.45) is 0 Å². The Morgan fingerprint density at radius 1 is 1.28 bits per heavy atom. The maximum absolute atomic E-state index is 12.5. The van der Waals surface area contributed by atoms with Crippen molar-refractivity contribution >= 4 is 5.91 Å². The Morgan fingerprint density at radius 3 is 2.76 bits per heavy atom. The van der Waals surface area contributed by atoms with Gasteiger partial charge in [-0.2, -0.15) is 0 Å². The van der Waals surface area contributed by atoms with Crippen molar-refractivity contribution in [3.8, 4) is 11.5 Å². The molecule has 7 nitrogen and oxygen atoms in total. The summed E-state index contributed by atoms with van der Waals surface area (Å²) in [6.07, 6.45) is 1.57. The number of nitrogens with zero attached hydrogens (tertiary/aromatic N) is 3. The van der Waals surface area contributed by atoms with E-state index in [0.717, 1.165) is 17.1 Å². The van der Waals surface area contributed by atoms with Gasteiger partial charge in [0.05, 0.1) is 17.3 Å². The van der Waals surface area contributed by atoms with Gasteiger partial charge >= 0.3 is 0 Å². The fourth-order valence-electron chi connectivity index (χ4n) is 2.81. The molecule has 1 atom stereocenters. The number of carbonyl (C=O) groups is 1. The van der Waals surface area contributed by atoms with E-state index in [1.165, 1.54) is 0 Å². The average molecular weight is 342 g/mol. The summed E-state index contributed by atoms with van der Waals surface area (Å²) in [6.45, 7) is 4.31. The van der Waals surface area contributed by atoms with E-state index >= 15 is 0 Å². The summed E-state index contributed by atoms with van der Waals surface area (Å²) in [5, 5.41) is 2.97. The monoisotopic (exact) mass is 342 g/mol. The summed E-state index contributed by atoms with van der Waals surface area (Å²) in [5.41, 5.74) is 2.22. The molecule has 1 aromatic heterocycles. The summed E-state index contributed by atoms with van der Waals surface area (Å²) in [6, 6.07) is 5.85. The molecule has 2 aromatic rings. The van der Waals surface area contributed by atoms with E-state index in [9.17, 15) is 4.79 Å². The van der Waals surface area contributed by atoms with Gasteiger partial charge in [-0.25, -0.2) is 9.97 Å². The number of aryl methyl sites for hydroxylation is 2. The Labute approximate surface area is 147 Å². The molecule has 0 saturated heterocycles. The predicted molar refractivity (Wildman–Crippen MR) is 92.8 cm³/mol. The summed E-state index contributed by atoms with van der Waals surface area (Å²) in [5.74, 6) is 1.96. The predicted octanol–water partition coefficient (Wildman–Crippen LogP) is 1.85. The molecule has 0 unspecified atom stereocenters. The molecular weight excluding hydrogens is 320 g/mol. The van der Waals surface area contributed by atoms with E-state index < -0.39 is 0 Å². The zero-order chi connectivity index (χ0) is 18.0. The van der Waals surface area contributed by atoms with Gasteiger partial charge in [-0.1, -0.05) is 6.07 Å². The maximum Gasteiger partial charge on any atom is 0.254 e. The molecule has 0 fully saturated rings. The van der Waals surface area contributed by atoms with Crippen LogP contribution in [0.3, 0.4) is 0 Å². The average Bonchev–Trinajstić information content (AvgIpc) is 3.02. The molecule has 1 amide bonds. The van der Waals surface area contributed by atoms with Crippen molar-refractivity contribution in [1.82, 2.24) is 20.2 Å². The van der Waals surface area contributed by atoms with Crippen molar-refractivity contribution in [3.63, 3.8) is 0 Å². The van der Waals surface area contributed by atoms with Gasteiger partial charge in [-0.15, -0.1) is 0 Å². The van der Waals surface area contributed by atoms with Crippen molar-refractivity contribution in [2.75, 3.05) is 27.4 Å². The molecule has 2 heterocycles. The quantitative estimate of drug-likeness (QED) is 0.894. The summed E-state index contributed by atoms with van der Waals surface area (Å²) >= 11 is 0. The first-order valence-electron chi connectivity index (χ1n) is 8.10. The zero-order valence-corrected chi connectivity index (χ0v) is 14.9. The minimum Gasteiger partial charge on any atom is -0.454 e. The minimum atomic E-state index is -0.176. The lowest BCUT2D eigenvalue weighted by Crippen LogP contribution is -2.35. The van der Waals surface area contributed by atoms with E-state index in [2.05, 4.69) is 20.2 Å². The Bertz CT molecular complexity index is 792. The fourth-order valence-corrected chi connectivity index (χ4v) is 2.81. The van der Waals surface area contributed by atoms with Gasteiger partial charge in [-0.05, 0) is 45.6 Å².